The molecule has 2 aromatic heterocycles. The first-order chi connectivity index (χ1) is 12.3. The molecule has 25 heavy (non-hydrogen) atoms. The second kappa shape index (κ2) is 6.50. The molecular formula is C20H13BrN4. The number of benzene rings is 2. The van der Waals surface area contributed by atoms with Gasteiger partial charge >= 0.3 is 0 Å². The zero-order valence-electron chi connectivity index (χ0n) is 13.2. The number of nitrogens with zero attached hydrogens (tertiary/aromatic N) is 4. The Morgan fingerprint density at radius 1 is 0.960 bits per heavy atom. The van der Waals surface area contributed by atoms with Crippen molar-refractivity contribution in [2.24, 2.45) is 0 Å². The Bertz CT molecular complexity index is 1080. The maximum atomic E-state index is 8.97. The smallest absolute Gasteiger partial charge is 0.234 e. The van der Waals surface area contributed by atoms with E-state index >= 15 is 0 Å². The van der Waals surface area contributed by atoms with E-state index < -0.39 is 0 Å². The average molecular weight is 389 g/mol. The number of hydrogen-bond donors (Lipinski definition) is 0. The van der Waals surface area contributed by atoms with Crippen molar-refractivity contribution in [3.8, 4) is 12.0 Å². The van der Waals surface area contributed by atoms with Crippen LogP contribution in [0.3, 0.4) is 0 Å². The molecule has 0 atom stereocenters. The first kappa shape index (κ1) is 15.6. The van der Waals surface area contributed by atoms with Gasteiger partial charge in [-0.1, -0.05) is 30.3 Å². The number of fused-ring (bicyclic) bond motifs is 1. The van der Waals surface area contributed by atoms with Crippen molar-refractivity contribution in [2.75, 3.05) is 0 Å². The summed E-state index contributed by atoms with van der Waals surface area (Å²) in [5.41, 5.74) is 3.93. The maximum absolute atomic E-state index is 8.97. The third-order valence-electron chi connectivity index (χ3n) is 4.11. The highest BCUT2D eigenvalue weighted by atomic mass is 79.9. The minimum atomic E-state index is 0.646. The summed E-state index contributed by atoms with van der Waals surface area (Å²) in [7, 11) is 0. The third kappa shape index (κ3) is 2.81. The summed E-state index contributed by atoms with van der Waals surface area (Å²) >= 11 is 3.76. The molecule has 0 saturated heterocycles. The van der Waals surface area contributed by atoms with Gasteiger partial charge in [0.15, 0.2) is 0 Å². The van der Waals surface area contributed by atoms with Crippen molar-refractivity contribution >= 4 is 26.8 Å². The summed E-state index contributed by atoms with van der Waals surface area (Å²) in [6.45, 7) is 0. The Labute approximate surface area is 153 Å². The number of para-hydroxylation sites is 1. The predicted molar refractivity (Wildman–Crippen MR) is 101 cm³/mol. The lowest BCUT2D eigenvalue weighted by Crippen LogP contribution is -2.05. The molecule has 5 heteroatoms. The van der Waals surface area contributed by atoms with E-state index in [9.17, 15) is 0 Å². The van der Waals surface area contributed by atoms with Gasteiger partial charge in [-0.25, -0.2) is 9.97 Å². The SMILES string of the molecule is N#Cc1ccc(Cc2c(Br)c3ccccc3n2-c2ncccn2)cc1. The zero-order chi connectivity index (χ0) is 17.2. The van der Waals surface area contributed by atoms with Gasteiger partial charge in [0.1, 0.15) is 0 Å². The van der Waals surface area contributed by atoms with E-state index in [1.165, 1.54) is 0 Å². The number of nitriles is 1. The van der Waals surface area contributed by atoms with Gasteiger partial charge in [-0.15, -0.1) is 0 Å². The van der Waals surface area contributed by atoms with Gasteiger partial charge in [-0.05, 0) is 45.8 Å². The molecule has 4 nitrogen and oxygen atoms in total. The van der Waals surface area contributed by atoms with E-state index in [1.54, 1.807) is 12.4 Å². The number of halogens is 1. The van der Waals surface area contributed by atoms with E-state index in [4.69, 9.17) is 5.26 Å². The van der Waals surface area contributed by atoms with Crippen molar-refractivity contribution in [3.63, 3.8) is 0 Å². The number of hydrogen-bond acceptors (Lipinski definition) is 3. The maximum Gasteiger partial charge on any atom is 0.234 e. The quantitative estimate of drug-likeness (QED) is 0.513. The van der Waals surface area contributed by atoms with Crippen LogP contribution in [0, 0.1) is 11.3 Å². The fourth-order valence-corrected chi connectivity index (χ4v) is 3.59. The Hall–Kier alpha value is -2.97. The molecule has 0 saturated carbocycles. The summed E-state index contributed by atoms with van der Waals surface area (Å²) in [5.74, 6) is 0.646. The molecule has 0 aliphatic heterocycles. The molecule has 120 valence electrons. The molecule has 0 fully saturated rings. The lowest BCUT2D eigenvalue weighted by Gasteiger charge is -2.09. The van der Waals surface area contributed by atoms with Gasteiger partial charge < -0.3 is 0 Å². The van der Waals surface area contributed by atoms with Crippen LogP contribution < -0.4 is 0 Å². The Morgan fingerprint density at radius 2 is 1.68 bits per heavy atom. The molecule has 4 rings (SSSR count). The topological polar surface area (TPSA) is 54.5 Å². The molecule has 0 aliphatic rings. The molecule has 0 N–H and O–H groups in total. The van der Waals surface area contributed by atoms with E-state index in [2.05, 4.69) is 48.7 Å². The first-order valence-electron chi connectivity index (χ1n) is 7.82. The molecule has 0 aliphatic carbocycles. The average Bonchev–Trinajstić information content (AvgIpc) is 2.95. The van der Waals surface area contributed by atoms with Crippen LogP contribution in [0.15, 0.2) is 71.5 Å². The van der Waals surface area contributed by atoms with E-state index in [0.717, 1.165) is 26.6 Å². The van der Waals surface area contributed by atoms with E-state index in [1.807, 2.05) is 42.5 Å². The van der Waals surface area contributed by atoms with Gasteiger partial charge in [-0.2, -0.15) is 5.26 Å². The summed E-state index contributed by atoms with van der Waals surface area (Å²) in [5, 5.41) is 10.1. The van der Waals surface area contributed by atoms with Gasteiger partial charge in [-0.3, -0.25) is 4.57 Å². The lowest BCUT2D eigenvalue weighted by atomic mass is 10.1. The molecule has 0 radical (unpaired) electrons. The molecule has 2 aromatic carbocycles. The number of rotatable bonds is 3. The highest BCUT2D eigenvalue weighted by molar-refractivity contribution is 9.10. The van der Waals surface area contributed by atoms with Gasteiger partial charge in [0.2, 0.25) is 5.95 Å². The summed E-state index contributed by atoms with van der Waals surface area (Å²) in [4.78, 5) is 8.86. The fourth-order valence-electron chi connectivity index (χ4n) is 2.94. The van der Waals surface area contributed by atoms with Crippen molar-refractivity contribution in [3.05, 3.63) is 88.3 Å². The van der Waals surface area contributed by atoms with Crippen molar-refractivity contribution < 1.29 is 0 Å². The van der Waals surface area contributed by atoms with Crippen LogP contribution in [0.25, 0.3) is 16.9 Å². The lowest BCUT2D eigenvalue weighted by molar-refractivity contribution is 0.895. The normalized spacial score (nSPS) is 10.7. The van der Waals surface area contributed by atoms with Crippen LogP contribution in [-0.2, 0) is 6.42 Å². The van der Waals surface area contributed by atoms with Crippen molar-refractivity contribution in [1.29, 1.82) is 5.26 Å². The van der Waals surface area contributed by atoms with Crippen LogP contribution >= 0.6 is 15.9 Å². The summed E-state index contributed by atoms with van der Waals surface area (Å²) < 4.78 is 3.12. The van der Waals surface area contributed by atoms with Gasteiger partial charge in [0.05, 0.1) is 17.1 Å². The molecule has 0 spiro atoms. The van der Waals surface area contributed by atoms with Crippen molar-refractivity contribution in [2.45, 2.75) is 6.42 Å². The number of aromatic nitrogens is 3. The first-order valence-corrected chi connectivity index (χ1v) is 8.61. The van der Waals surface area contributed by atoms with Crippen LogP contribution in [-0.4, -0.2) is 14.5 Å². The largest absolute Gasteiger partial charge is 0.281 e. The fraction of sp³-hybridized carbons (Fsp3) is 0.0500. The minimum Gasteiger partial charge on any atom is -0.281 e. The summed E-state index contributed by atoms with van der Waals surface area (Å²) in [6.07, 6.45) is 4.20. The minimum absolute atomic E-state index is 0.646. The van der Waals surface area contributed by atoms with Gasteiger partial charge in [0.25, 0.3) is 0 Å². The Morgan fingerprint density at radius 3 is 2.40 bits per heavy atom. The molecule has 0 bridgehead atoms. The molecule has 0 unspecified atom stereocenters. The van der Waals surface area contributed by atoms with Crippen LogP contribution in [0.2, 0.25) is 0 Å². The Kier molecular flexibility index (Phi) is 4.04. The monoisotopic (exact) mass is 388 g/mol. The molecular weight excluding hydrogens is 376 g/mol. The third-order valence-corrected chi connectivity index (χ3v) is 5.00. The van der Waals surface area contributed by atoms with Gasteiger partial charge in [0, 0.05) is 34.4 Å². The highest BCUT2D eigenvalue weighted by Gasteiger charge is 2.18. The second-order valence-electron chi connectivity index (χ2n) is 5.65. The van der Waals surface area contributed by atoms with Crippen molar-refractivity contribution in [1.82, 2.24) is 14.5 Å². The predicted octanol–water partition coefficient (Wildman–Crippen LogP) is 4.65. The molecule has 2 heterocycles. The van der Waals surface area contributed by atoms with Crippen LogP contribution in [0.5, 0.6) is 0 Å². The van der Waals surface area contributed by atoms with E-state index in [0.29, 0.717) is 17.9 Å². The highest BCUT2D eigenvalue weighted by Crippen LogP contribution is 2.34. The zero-order valence-corrected chi connectivity index (χ0v) is 14.8. The second-order valence-corrected chi connectivity index (χ2v) is 6.44. The van der Waals surface area contributed by atoms with E-state index in [-0.39, 0.29) is 0 Å². The Balaban J connectivity index is 1.90. The standard InChI is InChI=1S/C20H13BrN4/c21-19-16-4-1-2-5-17(16)25(20-23-10-3-11-24-20)18(19)12-14-6-8-15(13-22)9-7-14/h1-11H,12H2. The van der Waals surface area contributed by atoms with Crippen LogP contribution in [0.1, 0.15) is 16.8 Å². The molecule has 4 aromatic rings. The summed E-state index contributed by atoms with van der Waals surface area (Å²) in [6, 6.07) is 19.8. The molecule has 0 amide bonds. The van der Waals surface area contributed by atoms with Crippen LogP contribution in [0.4, 0.5) is 0 Å².